The van der Waals surface area contributed by atoms with Crippen LogP contribution < -0.4 is 4.74 Å². The SMILES string of the molecule is CCCCOc1ccc(/C=C\C(=O)OCC[N+](C)(C)C)cc1. The fourth-order valence-electron chi connectivity index (χ4n) is 1.64. The van der Waals surface area contributed by atoms with Gasteiger partial charge in [0.2, 0.25) is 0 Å². The van der Waals surface area contributed by atoms with E-state index in [2.05, 4.69) is 28.1 Å². The molecule has 1 aromatic carbocycles. The maximum absolute atomic E-state index is 11.6. The topological polar surface area (TPSA) is 35.5 Å². The van der Waals surface area contributed by atoms with E-state index < -0.39 is 0 Å². The molecule has 0 fully saturated rings. The summed E-state index contributed by atoms with van der Waals surface area (Å²) in [6.45, 7) is 4.10. The van der Waals surface area contributed by atoms with Crippen molar-refractivity contribution in [1.82, 2.24) is 0 Å². The lowest BCUT2D eigenvalue weighted by atomic mass is 10.2. The van der Waals surface area contributed by atoms with Crippen molar-refractivity contribution in [3.05, 3.63) is 35.9 Å². The van der Waals surface area contributed by atoms with E-state index in [0.29, 0.717) is 6.61 Å². The van der Waals surface area contributed by atoms with E-state index in [-0.39, 0.29) is 5.97 Å². The van der Waals surface area contributed by atoms with Crippen molar-refractivity contribution in [2.75, 3.05) is 40.9 Å². The lowest BCUT2D eigenvalue weighted by Crippen LogP contribution is -2.37. The second-order valence-electron chi connectivity index (χ2n) is 6.29. The molecule has 0 atom stereocenters. The van der Waals surface area contributed by atoms with Gasteiger partial charge in [0, 0.05) is 6.08 Å². The van der Waals surface area contributed by atoms with Crippen molar-refractivity contribution in [3.8, 4) is 5.75 Å². The van der Waals surface area contributed by atoms with E-state index >= 15 is 0 Å². The molecule has 0 amide bonds. The molecule has 4 heteroatoms. The number of esters is 1. The Morgan fingerprint density at radius 2 is 1.82 bits per heavy atom. The molecule has 0 spiro atoms. The van der Waals surface area contributed by atoms with E-state index in [1.54, 1.807) is 6.08 Å². The summed E-state index contributed by atoms with van der Waals surface area (Å²) in [5.41, 5.74) is 0.950. The first-order valence-corrected chi connectivity index (χ1v) is 7.79. The maximum atomic E-state index is 11.6. The van der Waals surface area contributed by atoms with Crippen LogP contribution in [0.5, 0.6) is 5.75 Å². The molecule has 0 saturated heterocycles. The van der Waals surface area contributed by atoms with E-state index in [1.807, 2.05) is 24.3 Å². The smallest absolute Gasteiger partial charge is 0.330 e. The van der Waals surface area contributed by atoms with Gasteiger partial charge in [0.1, 0.15) is 18.9 Å². The number of likely N-dealkylation sites (N-methyl/N-ethyl adjacent to an activating group) is 1. The van der Waals surface area contributed by atoms with Crippen LogP contribution in [0.1, 0.15) is 25.3 Å². The van der Waals surface area contributed by atoms with Gasteiger partial charge in [-0.15, -0.1) is 0 Å². The highest BCUT2D eigenvalue weighted by Gasteiger charge is 2.07. The largest absolute Gasteiger partial charge is 0.494 e. The Hall–Kier alpha value is -1.81. The van der Waals surface area contributed by atoms with Crippen molar-refractivity contribution in [1.29, 1.82) is 0 Å². The van der Waals surface area contributed by atoms with Crippen LogP contribution in [-0.4, -0.2) is 51.4 Å². The molecule has 0 unspecified atom stereocenters. The van der Waals surface area contributed by atoms with Gasteiger partial charge in [-0.1, -0.05) is 25.5 Å². The quantitative estimate of drug-likeness (QED) is 0.304. The third kappa shape index (κ3) is 8.47. The van der Waals surface area contributed by atoms with Gasteiger partial charge in [-0.2, -0.15) is 0 Å². The molecular weight excluding hydrogens is 278 g/mol. The van der Waals surface area contributed by atoms with E-state index in [4.69, 9.17) is 9.47 Å². The summed E-state index contributed by atoms with van der Waals surface area (Å²) in [5.74, 6) is 0.549. The fraction of sp³-hybridized carbons (Fsp3) is 0.500. The van der Waals surface area contributed by atoms with Crippen LogP contribution in [0, 0.1) is 0 Å². The minimum atomic E-state index is -0.309. The van der Waals surface area contributed by atoms with Crippen molar-refractivity contribution < 1.29 is 18.8 Å². The number of unbranched alkanes of at least 4 members (excludes halogenated alkanes) is 1. The average molecular weight is 306 g/mol. The van der Waals surface area contributed by atoms with Crippen LogP contribution in [0.3, 0.4) is 0 Å². The number of benzene rings is 1. The number of rotatable bonds is 9. The summed E-state index contributed by atoms with van der Waals surface area (Å²) < 4.78 is 11.5. The Morgan fingerprint density at radius 1 is 1.14 bits per heavy atom. The molecule has 22 heavy (non-hydrogen) atoms. The molecule has 1 rings (SSSR count). The van der Waals surface area contributed by atoms with Crippen molar-refractivity contribution in [3.63, 3.8) is 0 Å². The van der Waals surface area contributed by atoms with Gasteiger partial charge >= 0.3 is 5.97 Å². The number of carbonyl (C=O) groups excluding carboxylic acids is 1. The van der Waals surface area contributed by atoms with E-state index in [9.17, 15) is 4.79 Å². The predicted molar refractivity (Wildman–Crippen MR) is 89.7 cm³/mol. The highest BCUT2D eigenvalue weighted by atomic mass is 16.5. The Bertz CT molecular complexity index is 472. The van der Waals surface area contributed by atoms with Gasteiger partial charge in [0.25, 0.3) is 0 Å². The zero-order chi connectivity index (χ0) is 16.4. The van der Waals surface area contributed by atoms with E-state index in [1.165, 1.54) is 6.08 Å². The Balaban J connectivity index is 2.37. The third-order valence-corrected chi connectivity index (χ3v) is 3.07. The first-order chi connectivity index (χ1) is 10.4. The molecule has 1 aromatic rings. The number of hydrogen-bond donors (Lipinski definition) is 0. The summed E-state index contributed by atoms with van der Waals surface area (Å²) in [7, 11) is 6.19. The summed E-state index contributed by atoms with van der Waals surface area (Å²) >= 11 is 0. The van der Waals surface area contributed by atoms with Crippen molar-refractivity contribution in [2.24, 2.45) is 0 Å². The number of nitrogens with zero attached hydrogens (tertiary/aromatic N) is 1. The Labute approximate surface area is 133 Å². The monoisotopic (exact) mass is 306 g/mol. The first kappa shape index (κ1) is 18.2. The molecule has 0 heterocycles. The molecule has 0 aromatic heterocycles. The fourth-order valence-corrected chi connectivity index (χ4v) is 1.64. The second-order valence-corrected chi connectivity index (χ2v) is 6.29. The van der Waals surface area contributed by atoms with Crippen LogP contribution in [0.2, 0.25) is 0 Å². The van der Waals surface area contributed by atoms with E-state index in [0.717, 1.165) is 41.8 Å². The van der Waals surface area contributed by atoms with Gasteiger partial charge in [-0.3, -0.25) is 0 Å². The number of carbonyl (C=O) groups is 1. The molecular formula is C18H28NO3+. The summed E-state index contributed by atoms with van der Waals surface area (Å²) in [5, 5.41) is 0. The van der Waals surface area contributed by atoms with Crippen LogP contribution in [-0.2, 0) is 9.53 Å². The predicted octanol–water partition coefficient (Wildman–Crippen LogP) is 3.13. The standard InChI is InChI=1S/C18H28NO3/c1-5-6-14-21-17-10-7-16(8-11-17)9-12-18(20)22-15-13-19(2,3)4/h7-12H,5-6,13-15H2,1-4H3/q+1/b12-9-. The molecule has 0 aliphatic heterocycles. The molecule has 0 bridgehead atoms. The molecule has 0 aliphatic rings. The van der Waals surface area contributed by atoms with Crippen LogP contribution in [0.25, 0.3) is 6.08 Å². The number of hydrogen-bond acceptors (Lipinski definition) is 3. The van der Waals surface area contributed by atoms with Crippen LogP contribution >= 0.6 is 0 Å². The lowest BCUT2D eigenvalue weighted by molar-refractivity contribution is -0.870. The zero-order valence-corrected chi connectivity index (χ0v) is 14.2. The Kier molecular flexibility index (Phi) is 7.67. The normalized spacial score (nSPS) is 11.6. The van der Waals surface area contributed by atoms with Gasteiger partial charge in [0.05, 0.1) is 27.7 Å². The minimum absolute atomic E-state index is 0.309. The van der Waals surface area contributed by atoms with Crippen LogP contribution in [0.15, 0.2) is 30.3 Å². The highest BCUT2D eigenvalue weighted by Crippen LogP contribution is 2.13. The van der Waals surface area contributed by atoms with Crippen molar-refractivity contribution >= 4 is 12.0 Å². The summed E-state index contributed by atoms with van der Waals surface area (Å²) in [6, 6.07) is 7.68. The molecule has 4 nitrogen and oxygen atoms in total. The highest BCUT2D eigenvalue weighted by molar-refractivity contribution is 5.87. The van der Waals surface area contributed by atoms with Gasteiger partial charge in [0.15, 0.2) is 0 Å². The minimum Gasteiger partial charge on any atom is -0.494 e. The van der Waals surface area contributed by atoms with Crippen LogP contribution in [0.4, 0.5) is 0 Å². The average Bonchev–Trinajstić information content (AvgIpc) is 2.45. The lowest BCUT2D eigenvalue weighted by Gasteiger charge is -2.23. The Morgan fingerprint density at radius 3 is 2.41 bits per heavy atom. The molecule has 0 N–H and O–H groups in total. The number of quaternary nitrogens is 1. The molecule has 0 radical (unpaired) electrons. The third-order valence-electron chi connectivity index (χ3n) is 3.07. The zero-order valence-electron chi connectivity index (χ0n) is 14.2. The van der Waals surface area contributed by atoms with Gasteiger partial charge in [-0.25, -0.2) is 4.79 Å². The first-order valence-electron chi connectivity index (χ1n) is 7.79. The molecule has 122 valence electrons. The van der Waals surface area contributed by atoms with Gasteiger partial charge < -0.3 is 14.0 Å². The maximum Gasteiger partial charge on any atom is 0.330 e. The number of ether oxygens (including phenoxy) is 2. The summed E-state index contributed by atoms with van der Waals surface area (Å²) in [4.78, 5) is 11.6. The second kappa shape index (κ2) is 9.26. The molecule has 0 saturated carbocycles. The van der Waals surface area contributed by atoms with Gasteiger partial charge in [-0.05, 0) is 30.2 Å². The summed E-state index contributed by atoms with van der Waals surface area (Å²) in [6.07, 6.45) is 5.39. The van der Waals surface area contributed by atoms with Crippen molar-refractivity contribution in [2.45, 2.75) is 19.8 Å². The molecule has 0 aliphatic carbocycles.